The van der Waals surface area contributed by atoms with Crippen LogP contribution in [-0.2, 0) is 4.74 Å². The van der Waals surface area contributed by atoms with Crippen molar-refractivity contribution in [2.45, 2.75) is 32.8 Å². The zero-order chi connectivity index (χ0) is 13.4. The Morgan fingerprint density at radius 1 is 1.44 bits per heavy atom. The highest BCUT2D eigenvalue weighted by Gasteiger charge is 2.04. The van der Waals surface area contributed by atoms with E-state index in [9.17, 15) is 5.11 Å². The quantitative estimate of drug-likeness (QED) is 0.723. The molecule has 102 valence electrons. The number of nitrogens with one attached hydrogen (secondary N) is 1. The molecule has 0 fully saturated rings. The fraction of sp³-hybridized carbons (Fsp3) is 0.571. The first-order valence-electron chi connectivity index (χ1n) is 6.39. The number of unbranched alkanes of at least 4 members (excludes halogenated alkanes) is 1. The van der Waals surface area contributed by atoms with E-state index in [1.165, 1.54) is 5.56 Å². The standard InChI is InChI=1S/C14H22BrNO2/c1-3-4-7-18-10-13(17)9-16-12-5-6-14(15)11(2)8-12/h5-6,8,13,16-17H,3-4,7,9-10H2,1-2H3. The second-order valence-corrected chi connectivity index (χ2v) is 5.28. The Bertz CT molecular complexity index is 358. The maximum absolute atomic E-state index is 9.74. The molecule has 0 aliphatic heterocycles. The lowest BCUT2D eigenvalue weighted by Crippen LogP contribution is -2.25. The van der Waals surface area contributed by atoms with Crippen LogP contribution in [0.3, 0.4) is 0 Å². The van der Waals surface area contributed by atoms with Gasteiger partial charge < -0.3 is 15.2 Å². The minimum Gasteiger partial charge on any atom is -0.389 e. The third-order valence-electron chi connectivity index (χ3n) is 2.65. The fourth-order valence-electron chi connectivity index (χ4n) is 1.52. The van der Waals surface area contributed by atoms with E-state index in [-0.39, 0.29) is 0 Å². The molecule has 0 aliphatic rings. The molecule has 1 aromatic rings. The van der Waals surface area contributed by atoms with E-state index in [1.54, 1.807) is 0 Å². The summed E-state index contributed by atoms with van der Waals surface area (Å²) in [4.78, 5) is 0. The predicted octanol–water partition coefficient (Wildman–Crippen LogP) is 3.35. The van der Waals surface area contributed by atoms with E-state index in [4.69, 9.17) is 4.74 Å². The van der Waals surface area contributed by atoms with Crippen molar-refractivity contribution in [2.24, 2.45) is 0 Å². The second-order valence-electron chi connectivity index (χ2n) is 4.43. The van der Waals surface area contributed by atoms with Crippen molar-refractivity contribution >= 4 is 21.6 Å². The van der Waals surface area contributed by atoms with Gasteiger partial charge in [-0.3, -0.25) is 0 Å². The van der Waals surface area contributed by atoms with Gasteiger partial charge in [-0.2, -0.15) is 0 Å². The molecule has 0 radical (unpaired) electrons. The highest BCUT2D eigenvalue weighted by molar-refractivity contribution is 9.10. The van der Waals surface area contributed by atoms with Gasteiger partial charge in [0.15, 0.2) is 0 Å². The summed E-state index contributed by atoms with van der Waals surface area (Å²) in [7, 11) is 0. The maximum atomic E-state index is 9.74. The van der Waals surface area contributed by atoms with Crippen LogP contribution < -0.4 is 5.32 Å². The van der Waals surface area contributed by atoms with E-state index >= 15 is 0 Å². The number of aryl methyl sites for hydroxylation is 1. The van der Waals surface area contributed by atoms with Crippen molar-refractivity contribution in [3.8, 4) is 0 Å². The van der Waals surface area contributed by atoms with Gasteiger partial charge >= 0.3 is 0 Å². The van der Waals surface area contributed by atoms with Crippen LogP contribution in [0.1, 0.15) is 25.3 Å². The highest BCUT2D eigenvalue weighted by atomic mass is 79.9. The maximum Gasteiger partial charge on any atom is 0.0945 e. The van der Waals surface area contributed by atoms with Crippen LogP contribution in [0.15, 0.2) is 22.7 Å². The number of halogens is 1. The number of hydrogen-bond donors (Lipinski definition) is 2. The summed E-state index contributed by atoms with van der Waals surface area (Å²) in [5.74, 6) is 0. The van der Waals surface area contributed by atoms with Gasteiger partial charge in [0.2, 0.25) is 0 Å². The Balaban J connectivity index is 2.24. The topological polar surface area (TPSA) is 41.5 Å². The summed E-state index contributed by atoms with van der Waals surface area (Å²) >= 11 is 3.46. The average molecular weight is 316 g/mol. The number of aliphatic hydroxyl groups excluding tert-OH is 1. The Morgan fingerprint density at radius 2 is 2.22 bits per heavy atom. The zero-order valence-electron chi connectivity index (χ0n) is 11.1. The van der Waals surface area contributed by atoms with Crippen LogP contribution in [0.25, 0.3) is 0 Å². The predicted molar refractivity (Wildman–Crippen MR) is 79.1 cm³/mol. The molecule has 1 atom stereocenters. The second kappa shape index (κ2) is 8.51. The van der Waals surface area contributed by atoms with Gasteiger partial charge in [-0.15, -0.1) is 0 Å². The van der Waals surface area contributed by atoms with Crippen molar-refractivity contribution in [1.82, 2.24) is 0 Å². The van der Waals surface area contributed by atoms with Crippen LogP contribution in [0.2, 0.25) is 0 Å². The van der Waals surface area contributed by atoms with Gasteiger partial charge in [0, 0.05) is 23.3 Å². The van der Waals surface area contributed by atoms with E-state index in [0.29, 0.717) is 13.2 Å². The first kappa shape index (κ1) is 15.5. The fourth-order valence-corrected chi connectivity index (χ4v) is 1.76. The minimum absolute atomic E-state index is 0.391. The molecule has 0 bridgehead atoms. The molecule has 0 heterocycles. The molecule has 18 heavy (non-hydrogen) atoms. The number of hydrogen-bond acceptors (Lipinski definition) is 3. The number of ether oxygens (including phenoxy) is 1. The summed E-state index contributed by atoms with van der Waals surface area (Å²) in [5.41, 5.74) is 2.19. The van der Waals surface area contributed by atoms with Gasteiger partial charge in [0.25, 0.3) is 0 Å². The lowest BCUT2D eigenvalue weighted by molar-refractivity contribution is 0.0422. The molecule has 0 saturated heterocycles. The molecule has 0 aliphatic carbocycles. The number of rotatable bonds is 8. The lowest BCUT2D eigenvalue weighted by atomic mass is 10.2. The summed E-state index contributed by atoms with van der Waals surface area (Å²) in [6, 6.07) is 6.04. The van der Waals surface area contributed by atoms with Gasteiger partial charge in [-0.25, -0.2) is 0 Å². The molecular weight excluding hydrogens is 294 g/mol. The molecule has 1 aromatic carbocycles. The van der Waals surface area contributed by atoms with Gasteiger partial charge in [-0.1, -0.05) is 29.3 Å². The van der Waals surface area contributed by atoms with Crippen LogP contribution in [0.4, 0.5) is 5.69 Å². The summed E-state index contributed by atoms with van der Waals surface area (Å²) in [6.45, 7) is 5.79. The number of anilines is 1. The third-order valence-corrected chi connectivity index (χ3v) is 3.54. The Kier molecular flexibility index (Phi) is 7.32. The molecule has 3 nitrogen and oxygen atoms in total. The molecule has 0 spiro atoms. The Hall–Kier alpha value is -0.580. The molecule has 2 N–H and O–H groups in total. The lowest BCUT2D eigenvalue weighted by Gasteiger charge is -2.13. The number of aliphatic hydroxyl groups is 1. The van der Waals surface area contributed by atoms with Gasteiger partial charge in [-0.05, 0) is 37.1 Å². The van der Waals surface area contributed by atoms with Crippen LogP contribution in [0.5, 0.6) is 0 Å². The monoisotopic (exact) mass is 315 g/mol. The molecule has 4 heteroatoms. The molecule has 0 amide bonds. The van der Waals surface area contributed by atoms with Crippen molar-refractivity contribution in [2.75, 3.05) is 25.1 Å². The smallest absolute Gasteiger partial charge is 0.0945 e. The molecule has 0 saturated carbocycles. The van der Waals surface area contributed by atoms with E-state index < -0.39 is 6.10 Å². The van der Waals surface area contributed by atoms with Gasteiger partial charge in [0.1, 0.15) is 0 Å². The summed E-state index contributed by atoms with van der Waals surface area (Å²) < 4.78 is 6.46. The first-order chi connectivity index (χ1) is 8.63. The van der Waals surface area contributed by atoms with Crippen molar-refractivity contribution < 1.29 is 9.84 Å². The normalized spacial score (nSPS) is 12.4. The molecule has 0 aromatic heterocycles. The van der Waals surface area contributed by atoms with Crippen LogP contribution >= 0.6 is 15.9 Å². The van der Waals surface area contributed by atoms with Gasteiger partial charge in [0.05, 0.1) is 12.7 Å². The Morgan fingerprint density at radius 3 is 2.89 bits per heavy atom. The van der Waals surface area contributed by atoms with Crippen LogP contribution in [-0.4, -0.2) is 31.0 Å². The Labute approximate surface area is 118 Å². The zero-order valence-corrected chi connectivity index (χ0v) is 12.7. The molecule has 1 unspecified atom stereocenters. The van der Waals surface area contributed by atoms with Crippen molar-refractivity contribution in [1.29, 1.82) is 0 Å². The minimum atomic E-state index is -0.467. The average Bonchev–Trinajstić information content (AvgIpc) is 2.36. The van der Waals surface area contributed by atoms with E-state index in [2.05, 4.69) is 34.2 Å². The summed E-state index contributed by atoms with van der Waals surface area (Å²) in [5, 5.41) is 12.9. The van der Waals surface area contributed by atoms with E-state index in [0.717, 1.165) is 29.6 Å². The highest BCUT2D eigenvalue weighted by Crippen LogP contribution is 2.19. The van der Waals surface area contributed by atoms with Crippen molar-refractivity contribution in [3.63, 3.8) is 0 Å². The molecular formula is C14H22BrNO2. The number of benzene rings is 1. The summed E-state index contributed by atoms with van der Waals surface area (Å²) in [6.07, 6.45) is 1.70. The third kappa shape index (κ3) is 5.85. The largest absolute Gasteiger partial charge is 0.389 e. The van der Waals surface area contributed by atoms with E-state index in [1.807, 2.05) is 19.1 Å². The first-order valence-corrected chi connectivity index (χ1v) is 7.18. The van der Waals surface area contributed by atoms with Crippen molar-refractivity contribution in [3.05, 3.63) is 28.2 Å². The van der Waals surface area contributed by atoms with Crippen LogP contribution in [0, 0.1) is 6.92 Å². The molecule has 1 rings (SSSR count). The SMILES string of the molecule is CCCCOCC(O)CNc1ccc(Br)c(C)c1.